The first-order valence-electron chi connectivity index (χ1n) is 6.35. The Morgan fingerprint density at radius 2 is 2.19 bits per heavy atom. The van der Waals surface area contributed by atoms with Crippen LogP contribution in [0.5, 0.6) is 0 Å². The third kappa shape index (κ3) is 3.95. The van der Waals surface area contributed by atoms with Gasteiger partial charge in [-0.25, -0.2) is 4.98 Å². The maximum atomic E-state index is 12.3. The number of hydrogen-bond acceptors (Lipinski definition) is 4. The average molecular weight is 344 g/mol. The highest BCUT2D eigenvalue weighted by Gasteiger charge is 2.17. The van der Waals surface area contributed by atoms with Gasteiger partial charge in [0, 0.05) is 25.4 Å². The molecule has 1 heterocycles. The summed E-state index contributed by atoms with van der Waals surface area (Å²) in [5.74, 6) is -0.148. The second-order valence-corrected chi connectivity index (χ2v) is 6.27. The summed E-state index contributed by atoms with van der Waals surface area (Å²) >= 11 is 13.6. The molecule has 0 saturated carbocycles. The summed E-state index contributed by atoms with van der Waals surface area (Å²) in [5, 5.41) is 3.58. The molecule has 0 aliphatic rings. The third-order valence-corrected chi connectivity index (χ3v) is 4.68. The molecule has 0 radical (unpaired) electrons. The molecular formula is C14H15Cl2N3OS. The van der Waals surface area contributed by atoms with Gasteiger partial charge in [0.1, 0.15) is 5.69 Å². The normalized spacial score (nSPS) is 10.7. The van der Waals surface area contributed by atoms with Crippen molar-refractivity contribution in [2.75, 3.05) is 13.6 Å². The van der Waals surface area contributed by atoms with Crippen LogP contribution in [-0.2, 0) is 13.0 Å². The Kier molecular flexibility index (Phi) is 5.58. The van der Waals surface area contributed by atoms with Crippen LogP contribution in [0, 0.1) is 0 Å². The highest BCUT2D eigenvalue weighted by Crippen LogP contribution is 2.26. The summed E-state index contributed by atoms with van der Waals surface area (Å²) in [6.45, 7) is 0.900. The van der Waals surface area contributed by atoms with Gasteiger partial charge in [-0.2, -0.15) is 0 Å². The number of nitrogens with zero attached hydrogens (tertiary/aromatic N) is 2. The van der Waals surface area contributed by atoms with Crippen molar-refractivity contribution < 1.29 is 4.79 Å². The predicted octanol–water partition coefficient (Wildman–Crippen LogP) is 3.22. The van der Waals surface area contributed by atoms with Crippen molar-refractivity contribution >= 4 is 40.4 Å². The van der Waals surface area contributed by atoms with E-state index in [1.165, 1.54) is 11.3 Å². The molecular weight excluding hydrogens is 329 g/mol. The summed E-state index contributed by atoms with van der Waals surface area (Å²) in [5.41, 5.74) is 6.72. The van der Waals surface area contributed by atoms with Crippen LogP contribution in [0.2, 0.25) is 10.0 Å². The second kappa shape index (κ2) is 7.22. The van der Waals surface area contributed by atoms with Gasteiger partial charge >= 0.3 is 0 Å². The van der Waals surface area contributed by atoms with Crippen molar-refractivity contribution in [2.24, 2.45) is 5.73 Å². The van der Waals surface area contributed by atoms with Crippen LogP contribution in [-0.4, -0.2) is 29.4 Å². The quantitative estimate of drug-likeness (QED) is 0.906. The van der Waals surface area contributed by atoms with Crippen LogP contribution >= 0.6 is 34.5 Å². The van der Waals surface area contributed by atoms with Crippen LogP contribution in [0.3, 0.4) is 0 Å². The Labute approximate surface area is 137 Å². The number of nitrogens with two attached hydrogens (primary N) is 1. The number of aromatic nitrogens is 1. The lowest BCUT2D eigenvalue weighted by molar-refractivity contribution is 0.0780. The summed E-state index contributed by atoms with van der Waals surface area (Å²) in [4.78, 5) is 18.2. The highest BCUT2D eigenvalue weighted by molar-refractivity contribution is 7.09. The second-order valence-electron chi connectivity index (χ2n) is 4.54. The van der Waals surface area contributed by atoms with Crippen molar-refractivity contribution in [2.45, 2.75) is 13.0 Å². The molecule has 112 valence electrons. The van der Waals surface area contributed by atoms with Gasteiger partial charge in [-0.3, -0.25) is 4.79 Å². The van der Waals surface area contributed by atoms with Crippen molar-refractivity contribution in [3.05, 3.63) is 49.9 Å². The zero-order valence-electron chi connectivity index (χ0n) is 11.5. The van der Waals surface area contributed by atoms with Crippen LogP contribution in [0.4, 0.5) is 0 Å². The third-order valence-electron chi connectivity index (χ3n) is 2.91. The summed E-state index contributed by atoms with van der Waals surface area (Å²) in [7, 11) is 1.71. The van der Waals surface area contributed by atoms with Crippen LogP contribution < -0.4 is 5.73 Å². The van der Waals surface area contributed by atoms with E-state index in [2.05, 4.69) is 4.98 Å². The minimum absolute atomic E-state index is 0.148. The van der Waals surface area contributed by atoms with Crippen LogP contribution in [0.15, 0.2) is 23.6 Å². The van der Waals surface area contributed by atoms with Gasteiger partial charge in [0.05, 0.1) is 15.1 Å². The number of halogens is 2. The first-order valence-corrected chi connectivity index (χ1v) is 7.99. The van der Waals surface area contributed by atoms with Gasteiger partial charge < -0.3 is 10.6 Å². The number of benzene rings is 1. The van der Waals surface area contributed by atoms with Gasteiger partial charge in [0.25, 0.3) is 5.91 Å². The Bertz CT molecular complexity index is 645. The van der Waals surface area contributed by atoms with Crippen LogP contribution in [0.1, 0.15) is 21.1 Å². The minimum atomic E-state index is -0.148. The molecule has 1 amide bonds. The molecule has 2 aromatic rings. The standard InChI is InChI=1S/C14H15Cl2N3OS/c1-19(7-9-3-2-4-10(15)13(9)16)14(20)11-8-21-12(18-11)5-6-17/h2-4,8H,5-7,17H2,1H3. The number of carbonyl (C=O) groups is 1. The molecule has 21 heavy (non-hydrogen) atoms. The molecule has 0 fully saturated rings. The largest absolute Gasteiger partial charge is 0.336 e. The van der Waals surface area contributed by atoms with Gasteiger partial charge in [-0.05, 0) is 18.2 Å². The summed E-state index contributed by atoms with van der Waals surface area (Å²) < 4.78 is 0. The molecule has 0 aliphatic heterocycles. The van der Waals surface area contributed by atoms with E-state index in [4.69, 9.17) is 28.9 Å². The zero-order chi connectivity index (χ0) is 15.4. The summed E-state index contributed by atoms with van der Waals surface area (Å²) in [6, 6.07) is 5.37. The van der Waals surface area contributed by atoms with E-state index in [0.717, 1.165) is 10.6 Å². The smallest absolute Gasteiger partial charge is 0.273 e. The van der Waals surface area contributed by atoms with Gasteiger partial charge in [-0.1, -0.05) is 35.3 Å². The molecule has 0 bridgehead atoms. The first kappa shape index (κ1) is 16.2. The summed E-state index contributed by atoms with van der Waals surface area (Å²) in [6.07, 6.45) is 0.682. The first-order chi connectivity index (χ1) is 10.0. The topological polar surface area (TPSA) is 59.2 Å². The average Bonchev–Trinajstić information content (AvgIpc) is 2.92. The number of amides is 1. The fourth-order valence-electron chi connectivity index (χ4n) is 1.84. The molecule has 0 unspecified atom stereocenters. The van der Waals surface area contributed by atoms with Gasteiger partial charge in [0.2, 0.25) is 0 Å². The molecule has 7 heteroatoms. The number of rotatable bonds is 5. The van der Waals surface area contributed by atoms with E-state index >= 15 is 0 Å². The van der Waals surface area contributed by atoms with Crippen molar-refractivity contribution in [1.29, 1.82) is 0 Å². The predicted molar refractivity (Wildman–Crippen MR) is 87.1 cm³/mol. The lowest BCUT2D eigenvalue weighted by Gasteiger charge is -2.17. The number of thiazole rings is 1. The molecule has 0 atom stereocenters. The Balaban J connectivity index is 2.10. The lowest BCUT2D eigenvalue weighted by Crippen LogP contribution is -2.26. The minimum Gasteiger partial charge on any atom is -0.336 e. The van der Waals surface area contributed by atoms with Crippen molar-refractivity contribution in [3.63, 3.8) is 0 Å². The number of carbonyl (C=O) groups excluding carboxylic acids is 1. The molecule has 0 saturated heterocycles. The van der Waals surface area contributed by atoms with Crippen LogP contribution in [0.25, 0.3) is 0 Å². The van der Waals surface area contributed by atoms with Crippen molar-refractivity contribution in [1.82, 2.24) is 9.88 Å². The maximum absolute atomic E-state index is 12.3. The molecule has 0 aliphatic carbocycles. The van der Waals surface area contributed by atoms with Gasteiger partial charge in [-0.15, -0.1) is 11.3 Å². The van der Waals surface area contributed by atoms with Gasteiger partial charge in [0.15, 0.2) is 0 Å². The molecule has 0 spiro atoms. The van der Waals surface area contributed by atoms with E-state index < -0.39 is 0 Å². The molecule has 1 aromatic carbocycles. The molecule has 2 rings (SSSR count). The lowest BCUT2D eigenvalue weighted by atomic mass is 10.2. The molecule has 1 aromatic heterocycles. The molecule has 2 N–H and O–H groups in total. The number of hydrogen-bond donors (Lipinski definition) is 1. The van der Waals surface area contributed by atoms with E-state index in [9.17, 15) is 4.79 Å². The Morgan fingerprint density at radius 1 is 1.43 bits per heavy atom. The fraction of sp³-hybridized carbons (Fsp3) is 0.286. The highest BCUT2D eigenvalue weighted by atomic mass is 35.5. The Morgan fingerprint density at radius 3 is 2.90 bits per heavy atom. The maximum Gasteiger partial charge on any atom is 0.273 e. The monoisotopic (exact) mass is 343 g/mol. The van der Waals surface area contributed by atoms with E-state index in [0.29, 0.717) is 35.2 Å². The van der Waals surface area contributed by atoms with Crippen molar-refractivity contribution in [3.8, 4) is 0 Å². The Hall–Kier alpha value is -1.14. The SMILES string of the molecule is CN(Cc1cccc(Cl)c1Cl)C(=O)c1csc(CCN)n1. The molecule has 4 nitrogen and oxygen atoms in total. The van der Waals surface area contributed by atoms with E-state index in [1.54, 1.807) is 23.4 Å². The fourth-order valence-corrected chi connectivity index (χ4v) is 3.01. The zero-order valence-corrected chi connectivity index (χ0v) is 13.8. The van der Waals surface area contributed by atoms with E-state index in [1.807, 2.05) is 12.1 Å². The van der Waals surface area contributed by atoms with E-state index in [-0.39, 0.29) is 5.91 Å².